The highest BCUT2D eigenvalue weighted by atomic mass is 32.2. The van der Waals surface area contributed by atoms with Crippen LogP contribution in [0.3, 0.4) is 0 Å². The van der Waals surface area contributed by atoms with Gasteiger partial charge in [-0.25, -0.2) is 9.59 Å². The molecule has 0 aromatic heterocycles. The summed E-state index contributed by atoms with van der Waals surface area (Å²) >= 11 is 1.31. The van der Waals surface area contributed by atoms with Crippen molar-refractivity contribution in [1.82, 2.24) is 10.2 Å². The topological polar surface area (TPSA) is 176 Å². The summed E-state index contributed by atoms with van der Waals surface area (Å²) in [5.41, 5.74) is -0.411. The number of fused-ring (bicyclic) bond motifs is 1. The molecule has 0 unspecified atom stereocenters. The lowest BCUT2D eigenvalue weighted by Crippen LogP contribution is -2.63. The van der Waals surface area contributed by atoms with Gasteiger partial charge in [0.2, 0.25) is 11.8 Å². The fourth-order valence-electron chi connectivity index (χ4n) is 4.89. The third-order valence-corrected chi connectivity index (χ3v) is 8.05. The van der Waals surface area contributed by atoms with Crippen molar-refractivity contribution in [1.29, 1.82) is 0 Å². The number of nitrogens with zero attached hydrogens (tertiary/aromatic N) is 1. The number of carboxylic acid groups (broad SMARTS) is 2. The zero-order chi connectivity index (χ0) is 24.9. The number of β-lactam (4-membered cyclic amide) rings is 1. The molecule has 0 bridgehead atoms. The molecule has 34 heavy (non-hydrogen) atoms. The van der Waals surface area contributed by atoms with Crippen LogP contribution in [0, 0.1) is 11.8 Å². The van der Waals surface area contributed by atoms with Crippen LogP contribution in [0.25, 0.3) is 0 Å². The predicted octanol–water partition coefficient (Wildman–Crippen LogP) is 0.646. The number of aromatic carboxylic acids is 1. The summed E-state index contributed by atoms with van der Waals surface area (Å²) in [6.07, 6.45) is -0.523. The number of aliphatic carboxylic acids is 1. The van der Waals surface area contributed by atoms with Crippen LogP contribution >= 0.6 is 11.8 Å². The Morgan fingerprint density at radius 2 is 1.94 bits per heavy atom. The molecule has 0 radical (unpaired) electrons. The fourth-order valence-corrected chi connectivity index (χ4v) is 6.37. The van der Waals surface area contributed by atoms with E-state index in [-0.39, 0.29) is 28.1 Å². The predicted molar refractivity (Wildman–Crippen MR) is 121 cm³/mol. The van der Waals surface area contributed by atoms with Crippen molar-refractivity contribution in [3.8, 4) is 5.75 Å². The molecular formula is C22H25N3O8S. The van der Waals surface area contributed by atoms with E-state index in [2.05, 4.69) is 10.6 Å². The SMILES string of the molecule is C[C@@H](O)[C@H]1C(=O)N2C(C(=O)O)=C(S[C@@H]3CN[C@H](C(=O)Nc4cccc(C(=O)O)c4O)C3)[C@H](C)[C@H]12. The third-order valence-electron chi connectivity index (χ3n) is 6.54. The van der Waals surface area contributed by atoms with E-state index < -0.39 is 53.6 Å². The zero-order valence-electron chi connectivity index (χ0n) is 18.4. The number of aliphatic hydroxyl groups is 1. The van der Waals surface area contributed by atoms with Gasteiger partial charge in [-0.3, -0.25) is 9.59 Å². The Balaban J connectivity index is 1.45. The highest BCUT2D eigenvalue weighted by Gasteiger charge is 2.60. The lowest BCUT2D eigenvalue weighted by molar-refractivity contribution is -0.163. The number of carbonyl (C=O) groups excluding carboxylic acids is 2. The molecule has 6 atom stereocenters. The maximum Gasteiger partial charge on any atom is 0.353 e. The first kappa shape index (κ1) is 24.0. The molecular weight excluding hydrogens is 466 g/mol. The maximum atomic E-state index is 12.7. The fraction of sp³-hybridized carbons (Fsp3) is 0.455. The van der Waals surface area contributed by atoms with Gasteiger partial charge in [-0.15, -0.1) is 11.8 Å². The van der Waals surface area contributed by atoms with Crippen LogP contribution in [0.5, 0.6) is 5.75 Å². The summed E-state index contributed by atoms with van der Waals surface area (Å²) in [4.78, 5) is 50.1. The van der Waals surface area contributed by atoms with Gasteiger partial charge < -0.3 is 36.0 Å². The van der Waals surface area contributed by atoms with Gasteiger partial charge in [0.25, 0.3) is 0 Å². The molecule has 2 amide bonds. The van der Waals surface area contributed by atoms with Crippen molar-refractivity contribution < 1.29 is 39.6 Å². The summed E-state index contributed by atoms with van der Waals surface area (Å²) in [6.45, 7) is 3.76. The first-order valence-electron chi connectivity index (χ1n) is 10.8. The lowest BCUT2D eigenvalue weighted by atomic mass is 9.79. The smallest absolute Gasteiger partial charge is 0.353 e. The number of aliphatic hydroxyl groups excluding tert-OH is 1. The molecule has 2 saturated heterocycles. The minimum atomic E-state index is -1.32. The molecule has 3 heterocycles. The number of anilines is 1. The minimum Gasteiger partial charge on any atom is -0.505 e. The molecule has 12 heteroatoms. The van der Waals surface area contributed by atoms with Crippen LogP contribution < -0.4 is 10.6 Å². The number of carboxylic acids is 2. The molecule has 182 valence electrons. The number of aromatic hydroxyl groups is 1. The summed E-state index contributed by atoms with van der Waals surface area (Å²) in [6, 6.07) is 2.98. The third kappa shape index (κ3) is 3.91. The first-order valence-corrected chi connectivity index (χ1v) is 11.7. The molecule has 6 N–H and O–H groups in total. The minimum absolute atomic E-state index is 0.0184. The van der Waals surface area contributed by atoms with Gasteiger partial charge in [-0.1, -0.05) is 13.0 Å². The average Bonchev–Trinajstić information content (AvgIpc) is 3.31. The number of rotatable bonds is 7. The highest BCUT2D eigenvalue weighted by Crippen LogP contribution is 2.51. The summed E-state index contributed by atoms with van der Waals surface area (Å²) in [7, 11) is 0. The number of amides is 2. The van der Waals surface area contributed by atoms with Crippen LogP contribution in [-0.2, 0) is 14.4 Å². The molecule has 11 nitrogen and oxygen atoms in total. The first-order chi connectivity index (χ1) is 16.0. The van der Waals surface area contributed by atoms with E-state index in [4.69, 9.17) is 5.11 Å². The Bertz CT molecular complexity index is 1100. The monoisotopic (exact) mass is 491 g/mol. The summed E-state index contributed by atoms with van der Waals surface area (Å²) in [5, 5.41) is 44.4. The average molecular weight is 492 g/mol. The Labute approximate surface area is 198 Å². The van der Waals surface area contributed by atoms with Gasteiger partial charge in [0.1, 0.15) is 11.3 Å². The van der Waals surface area contributed by atoms with E-state index in [9.17, 15) is 34.5 Å². The molecule has 0 saturated carbocycles. The van der Waals surface area contributed by atoms with Gasteiger partial charge in [0.05, 0.1) is 29.8 Å². The number of carbonyl (C=O) groups is 4. The van der Waals surface area contributed by atoms with Crippen LogP contribution in [0.1, 0.15) is 30.6 Å². The van der Waals surface area contributed by atoms with E-state index in [0.29, 0.717) is 17.9 Å². The second-order valence-electron chi connectivity index (χ2n) is 8.70. The summed E-state index contributed by atoms with van der Waals surface area (Å²) < 4.78 is 0. The van der Waals surface area contributed by atoms with Gasteiger partial charge in [-0.2, -0.15) is 0 Å². The van der Waals surface area contributed by atoms with Crippen LogP contribution in [0.2, 0.25) is 0 Å². The van der Waals surface area contributed by atoms with Gasteiger partial charge in [-0.05, 0) is 25.5 Å². The number of hydrogen-bond acceptors (Lipinski definition) is 8. The standard InChI is InChI=1S/C22H25N3O8S/c1-8-15-14(9(2)26)20(29)25(15)16(22(32)33)18(8)34-10-6-13(23-7-10)19(28)24-12-5-3-4-11(17(12)27)21(30)31/h3-5,8-10,13-15,23,26-27H,6-7H2,1-2H3,(H,24,28)(H,30,31)(H,32,33)/t8-,9-,10+,13+,14-,15-/m1/s1. The van der Waals surface area contributed by atoms with E-state index in [1.807, 2.05) is 6.92 Å². The number of thioether (sulfide) groups is 1. The normalized spacial score (nSPS) is 29.0. The summed E-state index contributed by atoms with van der Waals surface area (Å²) in [5.74, 6) is -4.83. The van der Waals surface area contributed by atoms with E-state index in [0.717, 1.165) is 0 Å². The Kier molecular flexibility index (Phi) is 6.32. The van der Waals surface area contributed by atoms with Crippen molar-refractivity contribution in [2.45, 2.75) is 43.7 Å². The molecule has 2 fully saturated rings. The second kappa shape index (κ2) is 8.93. The maximum absolute atomic E-state index is 12.7. The van der Waals surface area contributed by atoms with E-state index in [1.54, 1.807) is 0 Å². The van der Waals surface area contributed by atoms with Crippen molar-refractivity contribution >= 4 is 41.2 Å². The molecule has 3 aliphatic rings. The number of hydrogen-bond donors (Lipinski definition) is 6. The molecule has 3 aliphatic heterocycles. The highest BCUT2D eigenvalue weighted by molar-refractivity contribution is 8.03. The largest absolute Gasteiger partial charge is 0.505 e. The number of phenols is 1. The van der Waals surface area contributed by atoms with Gasteiger partial charge in [0.15, 0.2) is 5.75 Å². The van der Waals surface area contributed by atoms with Crippen molar-refractivity contribution in [3.05, 3.63) is 34.4 Å². The van der Waals surface area contributed by atoms with Crippen molar-refractivity contribution in [3.63, 3.8) is 0 Å². The van der Waals surface area contributed by atoms with E-state index in [1.165, 1.54) is 41.8 Å². The second-order valence-corrected chi connectivity index (χ2v) is 10.0. The van der Waals surface area contributed by atoms with Gasteiger partial charge >= 0.3 is 11.9 Å². The van der Waals surface area contributed by atoms with Crippen LogP contribution in [0.15, 0.2) is 28.8 Å². The van der Waals surface area contributed by atoms with Crippen molar-refractivity contribution in [2.24, 2.45) is 11.8 Å². The quantitative estimate of drug-likeness (QED) is 0.234. The molecule has 4 rings (SSSR count). The molecule has 0 spiro atoms. The Hall–Kier alpha value is -3.09. The van der Waals surface area contributed by atoms with Gasteiger partial charge in [0, 0.05) is 22.6 Å². The Morgan fingerprint density at radius 1 is 1.24 bits per heavy atom. The number of benzene rings is 1. The number of para-hydroxylation sites is 1. The zero-order valence-corrected chi connectivity index (χ0v) is 19.2. The van der Waals surface area contributed by atoms with E-state index >= 15 is 0 Å². The Morgan fingerprint density at radius 3 is 2.56 bits per heavy atom. The molecule has 0 aliphatic carbocycles. The van der Waals surface area contributed by atoms with Crippen LogP contribution in [0.4, 0.5) is 5.69 Å². The number of nitrogens with one attached hydrogen (secondary N) is 2. The lowest BCUT2D eigenvalue weighted by Gasteiger charge is -2.46. The van der Waals surface area contributed by atoms with Crippen molar-refractivity contribution in [2.75, 3.05) is 11.9 Å². The molecule has 1 aromatic carbocycles. The molecule has 1 aromatic rings. The van der Waals surface area contributed by atoms with Crippen LogP contribution in [-0.4, -0.2) is 79.1 Å².